The quantitative estimate of drug-likeness (QED) is 0.697. The van der Waals surface area contributed by atoms with Gasteiger partial charge in [-0.3, -0.25) is 14.6 Å². The Kier molecular flexibility index (Phi) is 5.14. The minimum Gasteiger partial charge on any atom is -0.495 e. The maximum absolute atomic E-state index is 12.5. The molecule has 7 heteroatoms. The zero-order valence-electron chi connectivity index (χ0n) is 16.2. The van der Waals surface area contributed by atoms with Crippen molar-refractivity contribution in [2.24, 2.45) is 0 Å². The first-order chi connectivity index (χ1) is 14.1. The number of nitrogens with one attached hydrogen (secondary N) is 2. The van der Waals surface area contributed by atoms with Crippen molar-refractivity contribution >= 4 is 34.1 Å². The summed E-state index contributed by atoms with van der Waals surface area (Å²) >= 11 is 0. The summed E-state index contributed by atoms with van der Waals surface area (Å²) in [4.78, 5) is 28.9. The molecule has 2 N–H and O–H groups in total. The average Bonchev–Trinajstić information content (AvgIpc) is 2.72. The van der Waals surface area contributed by atoms with Gasteiger partial charge in [-0.2, -0.15) is 0 Å². The van der Waals surface area contributed by atoms with Gasteiger partial charge in [-0.1, -0.05) is 18.2 Å². The molecule has 0 bridgehead atoms. The predicted molar refractivity (Wildman–Crippen MR) is 110 cm³/mol. The number of carbonyl (C=O) groups excluding carboxylic acids is 2. The van der Waals surface area contributed by atoms with E-state index in [2.05, 4.69) is 15.6 Å². The fourth-order valence-electron chi connectivity index (χ4n) is 3.77. The summed E-state index contributed by atoms with van der Waals surface area (Å²) in [7, 11) is 3.00. The largest absolute Gasteiger partial charge is 0.495 e. The Hall–Kier alpha value is -3.45. The monoisotopic (exact) mass is 391 g/mol. The van der Waals surface area contributed by atoms with Gasteiger partial charge in [0.1, 0.15) is 12.4 Å². The maximum atomic E-state index is 12.5. The molecule has 2 heterocycles. The van der Waals surface area contributed by atoms with Crippen molar-refractivity contribution in [3.05, 3.63) is 59.8 Å². The zero-order valence-corrected chi connectivity index (χ0v) is 16.2. The molecule has 0 saturated heterocycles. The molecule has 148 valence electrons. The first kappa shape index (κ1) is 18.9. The van der Waals surface area contributed by atoms with Crippen LogP contribution in [-0.4, -0.2) is 37.6 Å². The second kappa shape index (κ2) is 7.89. The first-order valence-corrected chi connectivity index (χ1v) is 9.25. The van der Waals surface area contributed by atoms with Crippen molar-refractivity contribution in [3.8, 4) is 5.75 Å². The summed E-state index contributed by atoms with van der Waals surface area (Å²) < 4.78 is 10.4. The number of ether oxygens (including phenoxy) is 2. The van der Waals surface area contributed by atoms with Crippen LogP contribution < -0.4 is 15.4 Å². The number of amides is 2. The number of carbonyl (C=O) groups is 2. The van der Waals surface area contributed by atoms with Gasteiger partial charge in [0, 0.05) is 36.7 Å². The van der Waals surface area contributed by atoms with Gasteiger partial charge in [0.2, 0.25) is 11.8 Å². The third-order valence-electron chi connectivity index (χ3n) is 5.02. The molecule has 1 aliphatic heterocycles. The molecule has 4 rings (SSSR count). The van der Waals surface area contributed by atoms with Crippen molar-refractivity contribution in [2.75, 3.05) is 31.5 Å². The van der Waals surface area contributed by atoms with E-state index in [-0.39, 0.29) is 24.3 Å². The Morgan fingerprint density at radius 3 is 2.83 bits per heavy atom. The predicted octanol–water partition coefficient (Wildman–Crippen LogP) is 3.30. The lowest BCUT2D eigenvalue weighted by Gasteiger charge is -2.28. The molecule has 1 unspecified atom stereocenters. The van der Waals surface area contributed by atoms with Gasteiger partial charge in [-0.25, -0.2) is 0 Å². The highest BCUT2D eigenvalue weighted by Gasteiger charge is 2.29. The topological polar surface area (TPSA) is 89.6 Å². The Labute approximate surface area is 168 Å². The maximum Gasteiger partial charge on any atom is 0.250 e. The van der Waals surface area contributed by atoms with Crippen LogP contribution in [0.5, 0.6) is 5.75 Å². The van der Waals surface area contributed by atoms with E-state index in [1.165, 1.54) is 7.11 Å². The molecule has 1 aromatic heterocycles. The fraction of sp³-hybridized carbons (Fsp3) is 0.227. The lowest BCUT2D eigenvalue weighted by Crippen LogP contribution is -2.24. The van der Waals surface area contributed by atoms with E-state index < -0.39 is 0 Å². The highest BCUT2D eigenvalue weighted by Crippen LogP contribution is 2.43. The molecule has 0 saturated carbocycles. The molecule has 7 nitrogen and oxygen atoms in total. The summed E-state index contributed by atoms with van der Waals surface area (Å²) in [6.45, 7) is -0.0712. The van der Waals surface area contributed by atoms with Crippen molar-refractivity contribution in [3.63, 3.8) is 0 Å². The molecule has 0 fully saturated rings. The number of methoxy groups -OCH3 is 2. The highest BCUT2D eigenvalue weighted by atomic mass is 16.5. The minimum atomic E-state index is -0.301. The molecule has 2 amide bonds. The van der Waals surface area contributed by atoms with E-state index in [1.54, 1.807) is 19.4 Å². The Morgan fingerprint density at radius 2 is 2.03 bits per heavy atom. The Balaban J connectivity index is 1.82. The number of hydrogen-bond acceptors (Lipinski definition) is 5. The number of hydrogen-bond donors (Lipinski definition) is 2. The number of pyridine rings is 1. The van der Waals surface area contributed by atoms with E-state index in [0.717, 1.165) is 22.0 Å². The summed E-state index contributed by atoms with van der Waals surface area (Å²) in [6.07, 6.45) is 2.08. The van der Waals surface area contributed by atoms with Crippen LogP contribution in [0.4, 0.5) is 11.4 Å². The van der Waals surface area contributed by atoms with Crippen LogP contribution in [0.2, 0.25) is 0 Å². The van der Waals surface area contributed by atoms with Gasteiger partial charge in [0.05, 0.1) is 18.3 Å². The summed E-state index contributed by atoms with van der Waals surface area (Å²) in [5, 5.41) is 6.68. The number of anilines is 2. The number of benzene rings is 2. The van der Waals surface area contributed by atoms with E-state index in [9.17, 15) is 9.59 Å². The van der Waals surface area contributed by atoms with Gasteiger partial charge in [0.15, 0.2) is 0 Å². The lowest BCUT2D eigenvalue weighted by molar-refractivity contribution is -0.119. The number of para-hydroxylation sites is 1. The SMILES string of the molecule is COCC(=O)Nc1cc2c(cc1OC)C(c1ccnc3ccccc13)CC(=O)N2. The van der Waals surface area contributed by atoms with Crippen molar-refractivity contribution in [1.29, 1.82) is 0 Å². The minimum absolute atomic E-state index is 0.0712. The molecular formula is C22H21N3O4. The van der Waals surface area contributed by atoms with Crippen LogP contribution in [0.3, 0.4) is 0 Å². The van der Waals surface area contributed by atoms with Gasteiger partial charge >= 0.3 is 0 Å². The van der Waals surface area contributed by atoms with Crippen LogP contribution in [0, 0.1) is 0 Å². The van der Waals surface area contributed by atoms with Crippen molar-refractivity contribution < 1.29 is 19.1 Å². The van der Waals surface area contributed by atoms with Crippen LogP contribution in [0.15, 0.2) is 48.7 Å². The lowest BCUT2D eigenvalue weighted by atomic mass is 9.83. The van der Waals surface area contributed by atoms with Crippen LogP contribution in [0.25, 0.3) is 10.9 Å². The van der Waals surface area contributed by atoms with Crippen molar-refractivity contribution in [1.82, 2.24) is 4.98 Å². The zero-order chi connectivity index (χ0) is 20.4. The molecule has 29 heavy (non-hydrogen) atoms. The van der Waals surface area contributed by atoms with Gasteiger partial charge < -0.3 is 20.1 Å². The second-order valence-electron chi connectivity index (χ2n) is 6.84. The summed E-state index contributed by atoms with van der Waals surface area (Å²) in [6, 6.07) is 13.4. The van der Waals surface area contributed by atoms with Crippen molar-refractivity contribution in [2.45, 2.75) is 12.3 Å². The van der Waals surface area contributed by atoms with Crippen LogP contribution in [-0.2, 0) is 14.3 Å². The molecule has 0 radical (unpaired) electrons. The molecule has 2 aromatic carbocycles. The van der Waals surface area contributed by atoms with Gasteiger partial charge in [0.25, 0.3) is 0 Å². The molecule has 1 atom stereocenters. The van der Waals surface area contributed by atoms with Crippen LogP contribution in [0.1, 0.15) is 23.5 Å². The number of rotatable bonds is 5. The number of fused-ring (bicyclic) bond motifs is 2. The van der Waals surface area contributed by atoms with E-state index >= 15 is 0 Å². The highest BCUT2D eigenvalue weighted by molar-refractivity contribution is 5.99. The second-order valence-corrected chi connectivity index (χ2v) is 6.84. The van der Waals surface area contributed by atoms with Gasteiger partial charge in [-0.05, 0) is 35.4 Å². The smallest absolute Gasteiger partial charge is 0.250 e. The molecule has 0 aliphatic carbocycles. The van der Waals surface area contributed by atoms with E-state index in [0.29, 0.717) is 23.5 Å². The third-order valence-corrected chi connectivity index (χ3v) is 5.02. The van der Waals surface area contributed by atoms with E-state index in [4.69, 9.17) is 9.47 Å². The summed E-state index contributed by atoms with van der Waals surface area (Å²) in [5.74, 6) is -0.00992. The Morgan fingerprint density at radius 1 is 1.21 bits per heavy atom. The molecule has 1 aliphatic rings. The van der Waals surface area contributed by atoms with E-state index in [1.807, 2.05) is 36.4 Å². The standard InChI is InChI=1S/C22H21N3O4/c1-28-12-22(27)25-19-11-18-16(9-20(19)29-2)15(10-21(26)24-18)13-7-8-23-17-6-4-3-5-14(13)17/h3-9,11,15H,10,12H2,1-2H3,(H,24,26)(H,25,27). The number of aromatic nitrogens is 1. The molecule has 3 aromatic rings. The number of nitrogens with zero attached hydrogens (tertiary/aromatic N) is 1. The molecule has 0 spiro atoms. The van der Waals surface area contributed by atoms with Gasteiger partial charge in [-0.15, -0.1) is 0 Å². The normalized spacial score (nSPS) is 15.5. The Bertz CT molecular complexity index is 1090. The third kappa shape index (κ3) is 3.64. The van der Waals surface area contributed by atoms with Crippen LogP contribution >= 0.6 is 0 Å². The first-order valence-electron chi connectivity index (χ1n) is 9.25. The fourth-order valence-corrected chi connectivity index (χ4v) is 3.77. The average molecular weight is 391 g/mol. The summed E-state index contributed by atoms with van der Waals surface area (Å²) in [5.41, 5.74) is 3.98. The molecular weight excluding hydrogens is 370 g/mol.